The Kier molecular flexibility index (Phi) is 3.20. The summed E-state index contributed by atoms with van der Waals surface area (Å²) in [5.41, 5.74) is 0.991. The Labute approximate surface area is 107 Å². The minimum atomic E-state index is 0.278. The van der Waals surface area contributed by atoms with Gasteiger partial charge >= 0.3 is 0 Å². The number of aryl methyl sites for hydroxylation is 1. The molecule has 98 valence electrons. The Bertz CT molecular complexity index is 441. The van der Waals surface area contributed by atoms with Gasteiger partial charge in [0.2, 0.25) is 0 Å². The summed E-state index contributed by atoms with van der Waals surface area (Å²) in [6, 6.07) is 2.43. The molecular formula is C14H20N2O2. The zero-order valence-corrected chi connectivity index (χ0v) is 10.9. The first kappa shape index (κ1) is 11.9. The molecule has 0 radical (unpaired) electrons. The predicted molar refractivity (Wildman–Crippen MR) is 67.0 cm³/mol. The van der Waals surface area contributed by atoms with E-state index in [1.807, 2.05) is 13.0 Å². The summed E-state index contributed by atoms with van der Waals surface area (Å²) in [4.78, 5) is 14.3. The average Bonchev–Trinajstić information content (AvgIpc) is 3.02. The molecule has 0 amide bonds. The van der Waals surface area contributed by atoms with Gasteiger partial charge in [-0.05, 0) is 39.2 Å². The third kappa shape index (κ3) is 2.21. The number of Topliss-reactive ketones (excluding diaryl/α,β-unsaturated/α-hetero) is 1. The number of ketones is 1. The van der Waals surface area contributed by atoms with Crippen LogP contribution in [0, 0.1) is 12.8 Å². The highest BCUT2D eigenvalue weighted by atomic mass is 16.5. The van der Waals surface area contributed by atoms with E-state index >= 15 is 0 Å². The highest BCUT2D eigenvalue weighted by Crippen LogP contribution is 2.33. The van der Waals surface area contributed by atoms with Crippen LogP contribution in [0.15, 0.2) is 10.6 Å². The standard InChI is InChI=1S/C14H20N2O2/c1-10-8-11(15-18-10)9-16-7-3-5-13(16)12-4-2-6-14(12)17/h8,12-13H,2-7,9H2,1H3. The number of carbonyl (C=O) groups excluding carboxylic acids is 1. The van der Waals surface area contributed by atoms with Crippen molar-refractivity contribution in [1.29, 1.82) is 0 Å². The van der Waals surface area contributed by atoms with Crippen LogP contribution in [0.2, 0.25) is 0 Å². The Balaban J connectivity index is 1.69. The normalized spacial score (nSPS) is 29.3. The van der Waals surface area contributed by atoms with Crippen molar-refractivity contribution < 1.29 is 9.32 Å². The molecule has 1 aliphatic carbocycles. The van der Waals surface area contributed by atoms with Crippen molar-refractivity contribution in [2.45, 2.75) is 51.6 Å². The van der Waals surface area contributed by atoms with E-state index in [2.05, 4.69) is 10.1 Å². The second-order valence-corrected chi connectivity index (χ2v) is 5.57. The molecule has 2 unspecified atom stereocenters. The molecule has 0 aromatic carbocycles. The van der Waals surface area contributed by atoms with Crippen molar-refractivity contribution in [3.05, 3.63) is 17.5 Å². The van der Waals surface area contributed by atoms with Gasteiger partial charge in [0.15, 0.2) is 0 Å². The molecule has 2 atom stereocenters. The van der Waals surface area contributed by atoms with Gasteiger partial charge in [-0.2, -0.15) is 0 Å². The fraction of sp³-hybridized carbons (Fsp3) is 0.714. The largest absolute Gasteiger partial charge is 0.361 e. The molecule has 0 spiro atoms. The number of likely N-dealkylation sites (tertiary alicyclic amines) is 1. The maximum atomic E-state index is 11.9. The quantitative estimate of drug-likeness (QED) is 0.823. The summed E-state index contributed by atoms with van der Waals surface area (Å²) < 4.78 is 5.11. The molecule has 0 N–H and O–H groups in total. The van der Waals surface area contributed by atoms with Crippen molar-refractivity contribution in [3.63, 3.8) is 0 Å². The Morgan fingerprint density at radius 2 is 2.33 bits per heavy atom. The lowest BCUT2D eigenvalue weighted by Gasteiger charge is -2.27. The summed E-state index contributed by atoms with van der Waals surface area (Å²) >= 11 is 0. The van der Waals surface area contributed by atoms with E-state index in [9.17, 15) is 4.79 Å². The molecule has 2 aliphatic rings. The highest BCUT2D eigenvalue weighted by molar-refractivity contribution is 5.83. The van der Waals surface area contributed by atoms with Crippen molar-refractivity contribution in [1.82, 2.24) is 10.1 Å². The van der Waals surface area contributed by atoms with Crippen LogP contribution in [0.3, 0.4) is 0 Å². The minimum absolute atomic E-state index is 0.278. The first-order valence-electron chi connectivity index (χ1n) is 6.93. The van der Waals surface area contributed by atoms with Crippen LogP contribution in [0.1, 0.15) is 43.6 Å². The van der Waals surface area contributed by atoms with Gasteiger partial charge in [-0.15, -0.1) is 0 Å². The van der Waals surface area contributed by atoms with E-state index in [1.54, 1.807) is 0 Å². The Morgan fingerprint density at radius 3 is 3.00 bits per heavy atom. The third-order valence-corrected chi connectivity index (χ3v) is 4.27. The van der Waals surface area contributed by atoms with E-state index < -0.39 is 0 Å². The number of aromatic nitrogens is 1. The smallest absolute Gasteiger partial charge is 0.137 e. The number of nitrogens with zero attached hydrogens (tertiary/aromatic N) is 2. The summed E-state index contributed by atoms with van der Waals surface area (Å²) in [6.45, 7) is 3.82. The minimum Gasteiger partial charge on any atom is -0.361 e. The van der Waals surface area contributed by atoms with Gasteiger partial charge in [-0.1, -0.05) is 5.16 Å². The molecule has 3 rings (SSSR count). The average molecular weight is 248 g/mol. The Hall–Kier alpha value is -1.16. The van der Waals surface area contributed by atoms with Crippen molar-refractivity contribution >= 4 is 5.78 Å². The first-order chi connectivity index (χ1) is 8.74. The van der Waals surface area contributed by atoms with E-state index in [0.29, 0.717) is 11.8 Å². The molecule has 1 saturated heterocycles. The SMILES string of the molecule is Cc1cc(CN2CCCC2C2CCCC2=O)no1. The number of hydrogen-bond acceptors (Lipinski definition) is 4. The van der Waals surface area contributed by atoms with Crippen LogP contribution >= 0.6 is 0 Å². The molecule has 2 heterocycles. The summed E-state index contributed by atoms with van der Waals surface area (Å²) in [7, 11) is 0. The van der Waals surface area contributed by atoms with Crippen LogP contribution in [0.25, 0.3) is 0 Å². The number of hydrogen-bond donors (Lipinski definition) is 0. The summed E-state index contributed by atoms with van der Waals surface area (Å²) in [5, 5.41) is 4.06. The van der Waals surface area contributed by atoms with Crippen LogP contribution in [-0.4, -0.2) is 28.4 Å². The molecule has 1 aliphatic heterocycles. The first-order valence-corrected chi connectivity index (χ1v) is 6.93. The lowest BCUT2D eigenvalue weighted by molar-refractivity contribution is -0.122. The van der Waals surface area contributed by atoms with Crippen molar-refractivity contribution in [3.8, 4) is 0 Å². The highest BCUT2D eigenvalue weighted by Gasteiger charge is 2.38. The van der Waals surface area contributed by atoms with E-state index in [-0.39, 0.29) is 5.92 Å². The summed E-state index contributed by atoms with van der Waals surface area (Å²) in [6.07, 6.45) is 5.31. The molecule has 1 aromatic heterocycles. The van der Waals surface area contributed by atoms with E-state index in [4.69, 9.17) is 4.52 Å². The fourth-order valence-corrected chi connectivity index (χ4v) is 3.45. The van der Waals surface area contributed by atoms with Gasteiger partial charge in [-0.3, -0.25) is 9.69 Å². The number of carbonyl (C=O) groups is 1. The van der Waals surface area contributed by atoms with Gasteiger partial charge in [0, 0.05) is 31.0 Å². The maximum absolute atomic E-state index is 11.9. The van der Waals surface area contributed by atoms with Crippen molar-refractivity contribution in [2.75, 3.05) is 6.54 Å². The number of rotatable bonds is 3. The van der Waals surface area contributed by atoms with Gasteiger partial charge < -0.3 is 4.52 Å². The zero-order chi connectivity index (χ0) is 12.5. The summed E-state index contributed by atoms with van der Waals surface area (Å²) in [5.74, 6) is 1.61. The second kappa shape index (κ2) is 4.84. The van der Waals surface area contributed by atoms with E-state index in [1.165, 1.54) is 6.42 Å². The van der Waals surface area contributed by atoms with Gasteiger partial charge in [0.25, 0.3) is 0 Å². The Morgan fingerprint density at radius 1 is 1.44 bits per heavy atom. The van der Waals surface area contributed by atoms with E-state index in [0.717, 1.165) is 50.2 Å². The molecule has 4 nitrogen and oxygen atoms in total. The fourth-order valence-electron chi connectivity index (χ4n) is 3.45. The van der Waals surface area contributed by atoms with Crippen molar-refractivity contribution in [2.24, 2.45) is 5.92 Å². The second-order valence-electron chi connectivity index (χ2n) is 5.57. The van der Waals surface area contributed by atoms with Crippen LogP contribution in [-0.2, 0) is 11.3 Å². The predicted octanol–water partition coefficient (Wildman–Crippen LogP) is 2.32. The molecule has 1 saturated carbocycles. The molecule has 0 bridgehead atoms. The lowest BCUT2D eigenvalue weighted by atomic mass is 9.95. The molecule has 2 fully saturated rings. The maximum Gasteiger partial charge on any atom is 0.137 e. The van der Waals surface area contributed by atoms with Crippen LogP contribution in [0.5, 0.6) is 0 Å². The topological polar surface area (TPSA) is 46.3 Å². The van der Waals surface area contributed by atoms with Crippen LogP contribution < -0.4 is 0 Å². The zero-order valence-electron chi connectivity index (χ0n) is 10.9. The molecular weight excluding hydrogens is 228 g/mol. The molecule has 1 aromatic rings. The monoisotopic (exact) mass is 248 g/mol. The molecule has 18 heavy (non-hydrogen) atoms. The molecule has 4 heteroatoms. The third-order valence-electron chi connectivity index (χ3n) is 4.27. The van der Waals surface area contributed by atoms with Gasteiger partial charge in [0.1, 0.15) is 11.5 Å². The van der Waals surface area contributed by atoms with Crippen LogP contribution in [0.4, 0.5) is 0 Å². The van der Waals surface area contributed by atoms with Gasteiger partial charge in [0.05, 0.1) is 5.69 Å². The van der Waals surface area contributed by atoms with Gasteiger partial charge in [-0.25, -0.2) is 0 Å². The lowest BCUT2D eigenvalue weighted by Crippen LogP contribution is -2.37.